The zero-order valence-corrected chi connectivity index (χ0v) is 14.0. The van der Waals surface area contributed by atoms with Gasteiger partial charge in [0, 0.05) is 30.0 Å². The third-order valence-corrected chi connectivity index (χ3v) is 4.16. The van der Waals surface area contributed by atoms with E-state index in [0.29, 0.717) is 12.1 Å². The lowest BCUT2D eigenvalue weighted by Crippen LogP contribution is -2.24. The van der Waals surface area contributed by atoms with Gasteiger partial charge in [-0.05, 0) is 61.4 Å². The first kappa shape index (κ1) is 17.0. The van der Waals surface area contributed by atoms with Crippen molar-refractivity contribution in [3.8, 4) is 0 Å². The van der Waals surface area contributed by atoms with E-state index in [-0.39, 0.29) is 24.2 Å². The highest BCUT2D eigenvalue weighted by Crippen LogP contribution is 2.23. The summed E-state index contributed by atoms with van der Waals surface area (Å²) < 4.78 is 13.1. The molecule has 1 aliphatic heterocycles. The summed E-state index contributed by atoms with van der Waals surface area (Å²) in [7, 11) is 0. The maximum atomic E-state index is 13.1. The Labute approximate surface area is 145 Å². The molecule has 2 aromatic rings. The standard InChI is InChI=1S/C19H20FN3O2/c1-13-11-14(20)4-9-17(13)21-12-18(24)22-15-5-7-16(8-6-15)23-10-2-3-19(23)25/h4-9,11,21H,2-3,10,12H2,1H3,(H,22,24). The molecule has 2 N–H and O–H groups in total. The summed E-state index contributed by atoms with van der Waals surface area (Å²) >= 11 is 0. The minimum Gasteiger partial charge on any atom is -0.376 e. The zero-order chi connectivity index (χ0) is 17.8. The van der Waals surface area contributed by atoms with Crippen LogP contribution in [0.3, 0.4) is 0 Å². The van der Waals surface area contributed by atoms with Crippen LogP contribution in [-0.4, -0.2) is 24.9 Å². The number of anilines is 3. The SMILES string of the molecule is Cc1cc(F)ccc1NCC(=O)Nc1ccc(N2CCCC2=O)cc1. The van der Waals surface area contributed by atoms with Crippen molar-refractivity contribution in [1.82, 2.24) is 0 Å². The predicted octanol–water partition coefficient (Wildman–Crippen LogP) is 3.31. The molecule has 1 heterocycles. The fraction of sp³-hybridized carbons (Fsp3) is 0.263. The molecule has 130 valence electrons. The Bertz CT molecular complexity index is 790. The summed E-state index contributed by atoms with van der Waals surface area (Å²) in [5.74, 6) is -0.367. The molecular formula is C19H20FN3O2. The van der Waals surface area contributed by atoms with Crippen molar-refractivity contribution >= 4 is 28.9 Å². The number of benzene rings is 2. The number of carbonyl (C=O) groups is 2. The molecule has 0 radical (unpaired) electrons. The molecule has 0 aliphatic carbocycles. The number of hydrogen-bond acceptors (Lipinski definition) is 3. The molecule has 0 saturated carbocycles. The Morgan fingerprint density at radius 1 is 1.20 bits per heavy atom. The number of rotatable bonds is 5. The van der Waals surface area contributed by atoms with Gasteiger partial charge in [-0.2, -0.15) is 0 Å². The van der Waals surface area contributed by atoms with Gasteiger partial charge in [-0.15, -0.1) is 0 Å². The second-order valence-electron chi connectivity index (χ2n) is 6.06. The van der Waals surface area contributed by atoms with E-state index in [9.17, 15) is 14.0 Å². The molecular weight excluding hydrogens is 321 g/mol. The van der Waals surface area contributed by atoms with Gasteiger partial charge in [0.25, 0.3) is 0 Å². The second kappa shape index (κ2) is 7.34. The molecule has 1 saturated heterocycles. The smallest absolute Gasteiger partial charge is 0.243 e. The van der Waals surface area contributed by atoms with Crippen LogP contribution in [0.2, 0.25) is 0 Å². The van der Waals surface area contributed by atoms with Crippen molar-refractivity contribution in [2.75, 3.05) is 28.6 Å². The Hall–Kier alpha value is -2.89. The quantitative estimate of drug-likeness (QED) is 0.877. The van der Waals surface area contributed by atoms with E-state index in [1.807, 2.05) is 12.1 Å². The Morgan fingerprint density at radius 3 is 2.60 bits per heavy atom. The lowest BCUT2D eigenvalue weighted by Gasteiger charge is -2.16. The predicted molar refractivity (Wildman–Crippen MR) is 96.3 cm³/mol. The maximum absolute atomic E-state index is 13.1. The van der Waals surface area contributed by atoms with E-state index >= 15 is 0 Å². The molecule has 3 rings (SSSR count). The molecule has 2 amide bonds. The van der Waals surface area contributed by atoms with Crippen molar-refractivity contribution < 1.29 is 14.0 Å². The molecule has 0 spiro atoms. The van der Waals surface area contributed by atoms with E-state index in [0.717, 1.165) is 29.9 Å². The van der Waals surface area contributed by atoms with Gasteiger partial charge in [-0.25, -0.2) is 4.39 Å². The molecule has 25 heavy (non-hydrogen) atoms. The number of halogens is 1. The first-order valence-electron chi connectivity index (χ1n) is 8.23. The van der Waals surface area contributed by atoms with Gasteiger partial charge in [0.15, 0.2) is 0 Å². The minimum atomic E-state index is -0.302. The monoisotopic (exact) mass is 341 g/mol. The molecule has 0 aromatic heterocycles. The fourth-order valence-electron chi connectivity index (χ4n) is 2.85. The van der Waals surface area contributed by atoms with Gasteiger partial charge in [0.2, 0.25) is 11.8 Å². The highest BCUT2D eigenvalue weighted by molar-refractivity contribution is 5.96. The average molecular weight is 341 g/mol. The third kappa shape index (κ3) is 4.15. The fourth-order valence-corrected chi connectivity index (χ4v) is 2.85. The van der Waals surface area contributed by atoms with Crippen LogP contribution < -0.4 is 15.5 Å². The largest absolute Gasteiger partial charge is 0.376 e. The van der Waals surface area contributed by atoms with E-state index in [4.69, 9.17) is 0 Å². The third-order valence-electron chi connectivity index (χ3n) is 4.16. The average Bonchev–Trinajstić information content (AvgIpc) is 3.01. The molecule has 2 aromatic carbocycles. The van der Waals surface area contributed by atoms with Gasteiger partial charge < -0.3 is 15.5 Å². The van der Waals surface area contributed by atoms with Crippen molar-refractivity contribution in [1.29, 1.82) is 0 Å². The van der Waals surface area contributed by atoms with Gasteiger partial charge in [0.1, 0.15) is 5.82 Å². The number of nitrogens with zero attached hydrogens (tertiary/aromatic N) is 1. The highest BCUT2D eigenvalue weighted by atomic mass is 19.1. The van der Waals surface area contributed by atoms with Crippen LogP contribution in [0.15, 0.2) is 42.5 Å². The van der Waals surface area contributed by atoms with E-state index in [1.165, 1.54) is 12.1 Å². The van der Waals surface area contributed by atoms with Gasteiger partial charge in [0.05, 0.1) is 6.54 Å². The van der Waals surface area contributed by atoms with Crippen LogP contribution in [0.5, 0.6) is 0 Å². The lowest BCUT2D eigenvalue weighted by molar-refractivity contribution is -0.117. The summed E-state index contributed by atoms with van der Waals surface area (Å²) in [4.78, 5) is 25.5. The van der Waals surface area contributed by atoms with Crippen molar-refractivity contribution in [3.05, 3.63) is 53.8 Å². The summed E-state index contributed by atoms with van der Waals surface area (Å²) in [5.41, 5.74) is 2.98. The molecule has 5 nitrogen and oxygen atoms in total. The molecule has 0 atom stereocenters. The number of aryl methyl sites for hydroxylation is 1. The second-order valence-corrected chi connectivity index (χ2v) is 6.06. The van der Waals surface area contributed by atoms with E-state index in [1.54, 1.807) is 30.0 Å². The summed E-state index contributed by atoms with van der Waals surface area (Å²) in [6.45, 7) is 2.60. The van der Waals surface area contributed by atoms with Crippen LogP contribution in [0.1, 0.15) is 18.4 Å². The number of nitrogens with one attached hydrogen (secondary N) is 2. The van der Waals surface area contributed by atoms with Crippen LogP contribution in [0, 0.1) is 12.7 Å². The van der Waals surface area contributed by atoms with Gasteiger partial charge in [-0.1, -0.05) is 0 Å². The topological polar surface area (TPSA) is 61.4 Å². The van der Waals surface area contributed by atoms with Gasteiger partial charge >= 0.3 is 0 Å². The lowest BCUT2D eigenvalue weighted by atomic mass is 10.2. The van der Waals surface area contributed by atoms with Crippen LogP contribution in [-0.2, 0) is 9.59 Å². The molecule has 6 heteroatoms. The Morgan fingerprint density at radius 2 is 1.96 bits per heavy atom. The van der Waals surface area contributed by atoms with Gasteiger partial charge in [-0.3, -0.25) is 9.59 Å². The Balaban J connectivity index is 1.55. The zero-order valence-electron chi connectivity index (χ0n) is 14.0. The summed E-state index contributed by atoms with van der Waals surface area (Å²) in [5, 5.41) is 5.78. The number of hydrogen-bond donors (Lipinski definition) is 2. The Kier molecular flexibility index (Phi) is 4.97. The highest BCUT2D eigenvalue weighted by Gasteiger charge is 2.21. The van der Waals surface area contributed by atoms with Crippen LogP contribution in [0.25, 0.3) is 0 Å². The maximum Gasteiger partial charge on any atom is 0.243 e. The molecule has 0 bridgehead atoms. The first-order valence-corrected chi connectivity index (χ1v) is 8.23. The van der Waals surface area contributed by atoms with Crippen molar-refractivity contribution in [2.24, 2.45) is 0 Å². The van der Waals surface area contributed by atoms with E-state index < -0.39 is 0 Å². The normalized spacial score (nSPS) is 13.8. The van der Waals surface area contributed by atoms with Crippen molar-refractivity contribution in [3.63, 3.8) is 0 Å². The number of amides is 2. The summed E-state index contributed by atoms with van der Waals surface area (Å²) in [6, 6.07) is 11.6. The van der Waals surface area contributed by atoms with Crippen LogP contribution >= 0.6 is 0 Å². The van der Waals surface area contributed by atoms with Crippen molar-refractivity contribution in [2.45, 2.75) is 19.8 Å². The van der Waals surface area contributed by atoms with E-state index in [2.05, 4.69) is 10.6 Å². The number of carbonyl (C=O) groups excluding carboxylic acids is 2. The molecule has 1 fully saturated rings. The molecule has 0 unspecified atom stereocenters. The van der Waals surface area contributed by atoms with Crippen LogP contribution in [0.4, 0.5) is 21.5 Å². The minimum absolute atomic E-state index is 0.0822. The first-order chi connectivity index (χ1) is 12.0. The molecule has 1 aliphatic rings. The summed E-state index contributed by atoms with van der Waals surface area (Å²) in [6.07, 6.45) is 1.47.